The third-order valence-corrected chi connectivity index (χ3v) is 6.50. The fourth-order valence-electron chi connectivity index (χ4n) is 3.42. The van der Waals surface area contributed by atoms with E-state index in [2.05, 4.69) is 10.3 Å². The molecule has 0 fully saturated rings. The first kappa shape index (κ1) is 18.3. The molecule has 0 atom stereocenters. The zero-order valence-corrected chi connectivity index (χ0v) is 16.4. The third-order valence-electron chi connectivity index (χ3n) is 4.81. The molecule has 6 heteroatoms. The minimum atomic E-state index is -3.53. The Morgan fingerprint density at radius 3 is 2.43 bits per heavy atom. The second-order valence-corrected chi connectivity index (χ2v) is 9.00. The summed E-state index contributed by atoms with van der Waals surface area (Å²) in [7, 11) is -3.53. The lowest BCUT2D eigenvalue weighted by atomic mass is 10.1. The van der Waals surface area contributed by atoms with Gasteiger partial charge < -0.3 is 10.3 Å². The number of aromatic amines is 1. The Balaban J connectivity index is 1.75. The summed E-state index contributed by atoms with van der Waals surface area (Å²) in [5.74, 6) is -0.318. The zero-order valence-electron chi connectivity index (χ0n) is 15.6. The van der Waals surface area contributed by atoms with Gasteiger partial charge in [-0.05, 0) is 55.3 Å². The summed E-state index contributed by atoms with van der Waals surface area (Å²) in [6, 6.07) is 15.8. The van der Waals surface area contributed by atoms with Crippen LogP contribution in [-0.2, 0) is 20.4 Å². The molecule has 1 aliphatic rings. The van der Waals surface area contributed by atoms with E-state index >= 15 is 0 Å². The lowest BCUT2D eigenvalue weighted by Crippen LogP contribution is -2.05. The first-order valence-corrected chi connectivity index (χ1v) is 10.6. The van der Waals surface area contributed by atoms with Gasteiger partial charge in [-0.1, -0.05) is 30.3 Å². The average molecular weight is 392 g/mol. The van der Waals surface area contributed by atoms with Crippen LogP contribution >= 0.6 is 0 Å². The third kappa shape index (κ3) is 3.39. The van der Waals surface area contributed by atoms with Crippen molar-refractivity contribution in [1.29, 1.82) is 0 Å². The van der Waals surface area contributed by atoms with Crippen molar-refractivity contribution in [2.75, 3.05) is 5.32 Å². The molecule has 0 spiro atoms. The maximum atomic E-state index is 12.9. The summed E-state index contributed by atoms with van der Waals surface area (Å²) < 4.78 is 25.7. The van der Waals surface area contributed by atoms with Gasteiger partial charge in [0.25, 0.3) is 5.91 Å². The molecular formula is C22H20N2O3S. The molecule has 2 aromatic carbocycles. The first-order chi connectivity index (χ1) is 13.3. The van der Waals surface area contributed by atoms with Gasteiger partial charge in [0.15, 0.2) is 9.84 Å². The maximum absolute atomic E-state index is 12.9. The number of anilines is 1. The van der Waals surface area contributed by atoms with Gasteiger partial charge in [-0.25, -0.2) is 8.42 Å². The van der Waals surface area contributed by atoms with Gasteiger partial charge in [0.05, 0.1) is 16.2 Å². The molecular weight excluding hydrogens is 372 g/mol. The minimum Gasteiger partial charge on any atom is -0.359 e. The molecule has 1 amide bonds. The van der Waals surface area contributed by atoms with Crippen molar-refractivity contribution in [1.82, 2.24) is 4.98 Å². The van der Waals surface area contributed by atoms with Crippen molar-refractivity contribution in [2.24, 2.45) is 0 Å². The molecule has 2 N–H and O–H groups in total. The highest BCUT2D eigenvalue weighted by molar-refractivity contribution is 7.90. The zero-order chi connectivity index (χ0) is 19.9. The molecule has 28 heavy (non-hydrogen) atoms. The van der Waals surface area contributed by atoms with Crippen LogP contribution in [0.2, 0.25) is 0 Å². The number of amides is 1. The number of sulfone groups is 1. The second-order valence-electron chi connectivity index (χ2n) is 7.01. The van der Waals surface area contributed by atoms with Crippen molar-refractivity contribution >= 4 is 33.1 Å². The van der Waals surface area contributed by atoms with Crippen LogP contribution in [0.25, 0.3) is 11.6 Å². The van der Waals surface area contributed by atoms with E-state index in [0.29, 0.717) is 16.8 Å². The number of benzene rings is 2. The molecule has 2 heterocycles. The van der Waals surface area contributed by atoms with E-state index in [1.165, 1.54) is 0 Å². The minimum absolute atomic E-state index is 0.0814. The van der Waals surface area contributed by atoms with E-state index in [-0.39, 0.29) is 16.6 Å². The molecule has 0 aliphatic carbocycles. The fourth-order valence-corrected chi connectivity index (χ4v) is 4.80. The largest absolute Gasteiger partial charge is 0.359 e. The molecule has 1 aromatic heterocycles. The topological polar surface area (TPSA) is 79.0 Å². The number of fused-ring (bicyclic) bond motifs is 1. The molecule has 4 rings (SSSR count). The van der Waals surface area contributed by atoms with Crippen LogP contribution in [0.3, 0.4) is 0 Å². The predicted octanol–water partition coefficient (Wildman–Crippen LogP) is 4.10. The summed E-state index contributed by atoms with van der Waals surface area (Å²) >= 11 is 0. The first-order valence-electron chi connectivity index (χ1n) is 8.94. The molecule has 0 saturated carbocycles. The number of hydrogen-bond donors (Lipinski definition) is 2. The highest BCUT2D eigenvalue weighted by Gasteiger charge is 2.27. The van der Waals surface area contributed by atoms with Gasteiger partial charge in [0, 0.05) is 22.6 Å². The summed E-state index contributed by atoms with van der Waals surface area (Å²) in [5, 5.41) is 2.81. The lowest BCUT2D eigenvalue weighted by molar-refractivity contribution is -0.110. The molecule has 0 bridgehead atoms. The Morgan fingerprint density at radius 1 is 1.00 bits per heavy atom. The van der Waals surface area contributed by atoms with Crippen LogP contribution in [0.5, 0.6) is 0 Å². The van der Waals surface area contributed by atoms with E-state index in [1.54, 1.807) is 36.4 Å². The van der Waals surface area contributed by atoms with Gasteiger partial charge in [-0.2, -0.15) is 0 Å². The van der Waals surface area contributed by atoms with E-state index in [4.69, 9.17) is 0 Å². The van der Waals surface area contributed by atoms with Crippen molar-refractivity contribution in [3.63, 3.8) is 0 Å². The van der Waals surface area contributed by atoms with Gasteiger partial charge in [0.2, 0.25) is 0 Å². The van der Waals surface area contributed by atoms with Crippen LogP contribution in [0, 0.1) is 13.8 Å². The summed E-state index contributed by atoms with van der Waals surface area (Å²) in [6.07, 6.45) is 1.77. The van der Waals surface area contributed by atoms with E-state index in [1.807, 2.05) is 38.1 Å². The molecule has 3 aromatic rings. The monoisotopic (exact) mass is 392 g/mol. The lowest BCUT2D eigenvalue weighted by Gasteiger charge is -2.07. The van der Waals surface area contributed by atoms with E-state index in [9.17, 15) is 13.2 Å². The Kier molecular flexibility index (Phi) is 4.43. The molecule has 0 unspecified atom stereocenters. The number of carbonyl (C=O) groups excluding carboxylic acids is 1. The smallest absolute Gasteiger partial charge is 0.256 e. The van der Waals surface area contributed by atoms with Crippen molar-refractivity contribution in [3.05, 3.63) is 82.7 Å². The van der Waals surface area contributed by atoms with Crippen LogP contribution in [0.1, 0.15) is 28.1 Å². The molecule has 5 nitrogen and oxygen atoms in total. The second kappa shape index (κ2) is 6.80. The quantitative estimate of drug-likeness (QED) is 0.656. The summed E-state index contributed by atoms with van der Waals surface area (Å²) in [5.41, 5.74) is 5.28. The van der Waals surface area contributed by atoms with Crippen molar-refractivity contribution in [3.8, 4) is 0 Å². The predicted molar refractivity (Wildman–Crippen MR) is 111 cm³/mol. The van der Waals surface area contributed by atoms with E-state index in [0.717, 1.165) is 22.5 Å². The average Bonchev–Trinajstić information content (AvgIpc) is 3.13. The van der Waals surface area contributed by atoms with Crippen molar-refractivity contribution in [2.45, 2.75) is 24.5 Å². The summed E-state index contributed by atoms with van der Waals surface area (Å²) in [6.45, 7) is 3.91. The highest BCUT2D eigenvalue weighted by Crippen LogP contribution is 2.35. The molecule has 1 aliphatic heterocycles. The number of H-pyrrole nitrogens is 1. The van der Waals surface area contributed by atoms with Crippen molar-refractivity contribution < 1.29 is 13.2 Å². The van der Waals surface area contributed by atoms with Gasteiger partial charge >= 0.3 is 0 Å². The maximum Gasteiger partial charge on any atom is 0.256 e. The number of aromatic nitrogens is 1. The van der Waals surface area contributed by atoms with Crippen LogP contribution in [-0.4, -0.2) is 19.3 Å². The van der Waals surface area contributed by atoms with Crippen LogP contribution < -0.4 is 5.32 Å². The number of hydrogen-bond acceptors (Lipinski definition) is 3. The van der Waals surface area contributed by atoms with Crippen LogP contribution in [0.15, 0.2) is 59.5 Å². The fraction of sp³-hybridized carbons (Fsp3) is 0.136. The molecule has 0 saturated heterocycles. The van der Waals surface area contributed by atoms with Gasteiger partial charge in [-0.3, -0.25) is 4.79 Å². The standard InChI is InChI=1S/C22H20N2O3S/c1-14-10-15(2)23-21(14)12-19-18-11-17(8-9-20(18)24-22(19)25)28(26,27)13-16-6-4-3-5-7-16/h3-12,23H,13H2,1-2H3,(H,24,25). The summed E-state index contributed by atoms with van der Waals surface area (Å²) in [4.78, 5) is 15.9. The Labute approximate surface area is 164 Å². The number of carbonyl (C=O) groups is 1. The normalized spacial score (nSPS) is 14.9. The Bertz CT molecular complexity index is 1210. The van der Waals surface area contributed by atoms with Gasteiger partial charge in [-0.15, -0.1) is 0 Å². The van der Waals surface area contributed by atoms with Crippen LogP contribution in [0.4, 0.5) is 5.69 Å². The Hall–Kier alpha value is -3.12. The molecule has 0 radical (unpaired) electrons. The SMILES string of the molecule is Cc1cc(C)c(C=C2C(=O)Nc3ccc(S(=O)(=O)Cc4ccccc4)cc32)[nH]1. The van der Waals surface area contributed by atoms with E-state index < -0.39 is 9.84 Å². The number of aryl methyl sites for hydroxylation is 2. The molecule has 142 valence electrons. The number of nitrogens with one attached hydrogen (secondary N) is 2. The highest BCUT2D eigenvalue weighted by atomic mass is 32.2. The Morgan fingerprint density at radius 2 is 1.75 bits per heavy atom. The number of rotatable bonds is 4. The van der Waals surface area contributed by atoms with Gasteiger partial charge in [0.1, 0.15) is 0 Å².